The Hall–Kier alpha value is -2.98. The molecule has 3 nitrogen and oxygen atoms in total. The number of nitrogens with zero attached hydrogens (tertiary/aromatic N) is 2. The summed E-state index contributed by atoms with van der Waals surface area (Å²) in [5.41, 5.74) is 7.67. The van der Waals surface area contributed by atoms with Crippen molar-refractivity contribution in [2.75, 3.05) is 0 Å². The van der Waals surface area contributed by atoms with Crippen molar-refractivity contribution in [1.82, 2.24) is 4.98 Å². The Bertz CT molecular complexity index is 1460. The number of benzene rings is 2. The first-order valence-electron chi connectivity index (χ1n) is 10.5. The average Bonchev–Trinajstić information content (AvgIpc) is 3.07. The van der Waals surface area contributed by atoms with Crippen molar-refractivity contribution in [2.45, 2.75) is 33.5 Å². The molecule has 3 heterocycles. The standard InChI is InChI=1S/C26H27N2OSi/c1-16-14-21-20-8-7-13-27-26(20)29-25(21)24(17(16)2)23-11-9-18-15-19(30(4,5)6)10-12-22(18)28(23)3/h7-15H,1-6H3/q+1. The van der Waals surface area contributed by atoms with E-state index in [1.807, 2.05) is 6.07 Å². The molecule has 3 aromatic heterocycles. The fourth-order valence-electron chi connectivity index (χ4n) is 4.40. The van der Waals surface area contributed by atoms with Gasteiger partial charge in [-0.25, -0.2) is 4.98 Å². The van der Waals surface area contributed by atoms with Crippen LogP contribution in [0.1, 0.15) is 11.1 Å². The van der Waals surface area contributed by atoms with Gasteiger partial charge in [-0.15, -0.1) is 0 Å². The van der Waals surface area contributed by atoms with Crippen LogP contribution in [-0.2, 0) is 7.05 Å². The van der Waals surface area contributed by atoms with E-state index in [0.29, 0.717) is 5.71 Å². The van der Waals surface area contributed by atoms with Gasteiger partial charge in [-0.05, 0) is 55.3 Å². The molecule has 4 heteroatoms. The molecule has 0 bridgehead atoms. The molecule has 0 fully saturated rings. The minimum atomic E-state index is -1.35. The predicted molar refractivity (Wildman–Crippen MR) is 128 cm³/mol. The van der Waals surface area contributed by atoms with Crippen molar-refractivity contribution >= 4 is 46.2 Å². The lowest BCUT2D eigenvalue weighted by Crippen LogP contribution is -2.38. The van der Waals surface area contributed by atoms with Gasteiger partial charge in [-0.1, -0.05) is 30.9 Å². The van der Waals surface area contributed by atoms with Crippen LogP contribution in [0.3, 0.4) is 0 Å². The first kappa shape index (κ1) is 19.0. The highest BCUT2D eigenvalue weighted by Gasteiger charge is 2.24. The summed E-state index contributed by atoms with van der Waals surface area (Å²) in [4.78, 5) is 4.45. The SMILES string of the molecule is Cc1cc2c(oc3ncccc32)c(-c2ccc3cc([Si](C)(C)C)ccc3[n+]2C)c1C. The number of fused-ring (bicyclic) bond motifs is 4. The second-order valence-corrected chi connectivity index (χ2v) is 14.4. The molecule has 0 aliphatic heterocycles. The maximum Gasteiger partial charge on any atom is 0.227 e. The van der Waals surface area contributed by atoms with Crippen LogP contribution in [0.2, 0.25) is 19.6 Å². The molecule has 150 valence electrons. The van der Waals surface area contributed by atoms with Gasteiger partial charge in [0, 0.05) is 34.5 Å². The predicted octanol–water partition coefficient (Wildman–Crippen LogP) is 5.79. The van der Waals surface area contributed by atoms with E-state index in [1.54, 1.807) is 6.20 Å². The van der Waals surface area contributed by atoms with Crippen LogP contribution >= 0.6 is 0 Å². The van der Waals surface area contributed by atoms with Crippen LogP contribution in [0.15, 0.2) is 59.1 Å². The number of aromatic nitrogens is 2. The zero-order chi connectivity index (χ0) is 21.2. The largest absolute Gasteiger partial charge is 0.437 e. The highest BCUT2D eigenvalue weighted by atomic mass is 28.3. The topological polar surface area (TPSA) is 29.9 Å². The van der Waals surface area contributed by atoms with Gasteiger partial charge in [0.2, 0.25) is 16.9 Å². The molecule has 0 amide bonds. The molecule has 0 radical (unpaired) electrons. The summed E-state index contributed by atoms with van der Waals surface area (Å²) in [6.07, 6.45) is 1.79. The maximum atomic E-state index is 6.29. The Morgan fingerprint density at radius 2 is 1.73 bits per heavy atom. The Balaban J connectivity index is 1.83. The van der Waals surface area contributed by atoms with Crippen molar-refractivity contribution in [3.63, 3.8) is 0 Å². The Morgan fingerprint density at radius 1 is 0.933 bits per heavy atom. The van der Waals surface area contributed by atoms with Crippen molar-refractivity contribution in [3.8, 4) is 11.3 Å². The summed E-state index contributed by atoms with van der Waals surface area (Å²) in [6, 6.07) is 17.7. The molecule has 0 saturated heterocycles. The quantitative estimate of drug-likeness (QED) is 0.272. The molecular formula is C26H27N2OSi+. The molecule has 0 atom stereocenters. The maximum absolute atomic E-state index is 6.29. The van der Waals surface area contributed by atoms with Gasteiger partial charge in [0.25, 0.3) is 0 Å². The number of aryl methyl sites for hydroxylation is 2. The van der Waals surface area contributed by atoms with Gasteiger partial charge >= 0.3 is 0 Å². The van der Waals surface area contributed by atoms with Gasteiger partial charge in [-0.3, -0.25) is 0 Å². The smallest absolute Gasteiger partial charge is 0.227 e. The monoisotopic (exact) mass is 411 g/mol. The molecule has 0 saturated carbocycles. The zero-order valence-electron chi connectivity index (χ0n) is 18.5. The van der Waals surface area contributed by atoms with Gasteiger partial charge in [0.05, 0.1) is 13.6 Å². The lowest BCUT2D eigenvalue weighted by Gasteiger charge is -2.17. The number of furan rings is 1. The number of pyridine rings is 2. The summed E-state index contributed by atoms with van der Waals surface area (Å²) < 4.78 is 8.58. The van der Waals surface area contributed by atoms with Crippen molar-refractivity contribution in [3.05, 3.63) is 65.9 Å². The fourth-order valence-corrected chi connectivity index (χ4v) is 5.57. The number of hydrogen-bond acceptors (Lipinski definition) is 2. The number of rotatable bonds is 2. The fraction of sp³-hybridized carbons (Fsp3) is 0.231. The molecular weight excluding hydrogens is 384 g/mol. The highest BCUT2D eigenvalue weighted by molar-refractivity contribution is 6.88. The van der Waals surface area contributed by atoms with Gasteiger partial charge < -0.3 is 4.42 Å². The lowest BCUT2D eigenvalue weighted by molar-refractivity contribution is -0.633. The van der Waals surface area contributed by atoms with Crippen LogP contribution < -0.4 is 9.75 Å². The molecule has 0 unspecified atom stereocenters. The summed E-state index contributed by atoms with van der Waals surface area (Å²) in [5, 5.41) is 4.97. The van der Waals surface area contributed by atoms with Crippen LogP contribution in [0.4, 0.5) is 0 Å². The minimum Gasteiger partial charge on any atom is -0.437 e. The highest BCUT2D eigenvalue weighted by Crippen LogP contribution is 2.38. The van der Waals surface area contributed by atoms with E-state index in [1.165, 1.54) is 27.2 Å². The van der Waals surface area contributed by atoms with Crippen LogP contribution in [0.5, 0.6) is 0 Å². The molecule has 5 aromatic rings. The third-order valence-electron chi connectivity index (χ3n) is 6.35. The molecule has 0 spiro atoms. The first-order valence-corrected chi connectivity index (χ1v) is 14.0. The van der Waals surface area contributed by atoms with Gasteiger partial charge in [0.15, 0.2) is 5.58 Å². The Kier molecular flexibility index (Phi) is 4.12. The zero-order valence-corrected chi connectivity index (χ0v) is 19.5. The Morgan fingerprint density at radius 3 is 2.50 bits per heavy atom. The molecule has 5 rings (SSSR count). The van der Waals surface area contributed by atoms with E-state index in [-0.39, 0.29) is 0 Å². The van der Waals surface area contributed by atoms with Crippen molar-refractivity contribution in [2.24, 2.45) is 7.05 Å². The van der Waals surface area contributed by atoms with E-state index < -0.39 is 8.07 Å². The first-order chi connectivity index (χ1) is 14.3. The summed E-state index contributed by atoms with van der Waals surface area (Å²) in [7, 11) is 0.805. The summed E-state index contributed by atoms with van der Waals surface area (Å²) >= 11 is 0. The van der Waals surface area contributed by atoms with Gasteiger partial charge in [0.1, 0.15) is 7.05 Å². The van der Waals surface area contributed by atoms with Crippen molar-refractivity contribution < 1.29 is 8.98 Å². The second-order valence-electron chi connectivity index (χ2n) is 9.33. The van der Waals surface area contributed by atoms with E-state index in [2.05, 4.69) is 92.6 Å². The van der Waals surface area contributed by atoms with Crippen LogP contribution in [0.25, 0.3) is 44.2 Å². The van der Waals surface area contributed by atoms with Crippen LogP contribution in [-0.4, -0.2) is 13.1 Å². The third kappa shape index (κ3) is 2.78. The van der Waals surface area contributed by atoms with E-state index >= 15 is 0 Å². The molecule has 0 N–H and O–H groups in total. The molecule has 2 aromatic carbocycles. The minimum absolute atomic E-state index is 0.696. The average molecular weight is 412 g/mol. The van der Waals surface area contributed by atoms with Crippen molar-refractivity contribution in [1.29, 1.82) is 0 Å². The van der Waals surface area contributed by atoms with E-state index in [4.69, 9.17) is 4.42 Å². The van der Waals surface area contributed by atoms with E-state index in [9.17, 15) is 0 Å². The summed E-state index contributed by atoms with van der Waals surface area (Å²) in [6.45, 7) is 11.5. The third-order valence-corrected chi connectivity index (χ3v) is 8.40. The number of hydrogen-bond donors (Lipinski definition) is 0. The second kappa shape index (κ2) is 6.51. The van der Waals surface area contributed by atoms with E-state index in [0.717, 1.165) is 27.6 Å². The molecule has 0 aliphatic rings. The molecule has 30 heavy (non-hydrogen) atoms. The Labute approximate surface area is 178 Å². The molecule has 0 aliphatic carbocycles. The lowest BCUT2D eigenvalue weighted by atomic mass is 9.96. The normalized spacial score (nSPS) is 12.3. The van der Waals surface area contributed by atoms with Gasteiger partial charge in [-0.2, -0.15) is 4.57 Å². The summed E-state index contributed by atoms with van der Waals surface area (Å²) in [5.74, 6) is 0. The van der Waals surface area contributed by atoms with Crippen LogP contribution in [0, 0.1) is 13.8 Å².